The van der Waals surface area contributed by atoms with Crippen molar-refractivity contribution in [2.24, 2.45) is 0 Å². The van der Waals surface area contributed by atoms with Gasteiger partial charge in [0.1, 0.15) is 6.61 Å². The van der Waals surface area contributed by atoms with Crippen LogP contribution in [0.4, 0.5) is 0 Å². The lowest BCUT2D eigenvalue weighted by molar-refractivity contribution is -0.143. The van der Waals surface area contributed by atoms with Crippen LogP contribution in [-0.4, -0.2) is 41.8 Å². The lowest BCUT2D eigenvalue weighted by Gasteiger charge is -2.21. The molecule has 18 heavy (non-hydrogen) atoms. The van der Waals surface area contributed by atoms with Crippen LogP contribution in [0.3, 0.4) is 0 Å². The van der Waals surface area contributed by atoms with Crippen LogP contribution in [-0.2, 0) is 14.3 Å². The van der Waals surface area contributed by atoms with Gasteiger partial charge in [-0.1, -0.05) is 29.4 Å². The molecule has 0 bridgehead atoms. The molecule has 0 aliphatic carbocycles. The van der Waals surface area contributed by atoms with Crippen molar-refractivity contribution in [2.45, 2.75) is 33.1 Å². The topological polar surface area (TPSA) is 46.6 Å². The van der Waals surface area contributed by atoms with E-state index in [-0.39, 0.29) is 18.5 Å². The number of halogens is 1. The number of esters is 1. The predicted octanol–water partition coefficient (Wildman–Crippen LogP) is 2.52. The molecule has 0 aromatic carbocycles. The van der Waals surface area contributed by atoms with Crippen molar-refractivity contribution in [3.8, 4) is 0 Å². The van der Waals surface area contributed by atoms with Gasteiger partial charge in [-0.15, -0.1) is 0 Å². The molecule has 0 atom stereocenters. The molecule has 1 amide bonds. The molecule has 0 rings (SSSR count). The molecule has 0 N–H and O–H groups in total. The van der Waals surface area contributed by atoms with Crippen LogP contribution < -0.4 is 0 Å². The zero-order chi connectivity index (χ0) is 14.0. The zero-order valence-corrected chi connectivity index (χ0v) is 12.8. The molecule has 0 radical (unpaired) electrons. The van der Waals surface area contributed by atoms with E-state index in [0.29, 0.717) is 25.1 Å². The lowest BCUT2D eigenvalue weighted by atomic mass is 10.2. The Labute approximate surface area is 117 Å². The van der Waals surface area contributed by atoms with Gasteiger partial charge in [0.2, 0.25) is 0 Å². The van der Waals surface area contributed by atoms with Crippen LogP contribution in [0.15, 0.2) is 12.2 Å². The van der Waals surface area contributed by atoms with Crippen LogP contribution in [0.2, 0.25) is 0 Å². The Morgan fingerprint density at radius 3 is 2.50 bits per heavy atom. The molecule has 0 saturated carbocycles. The maximum Gasteiger partial charge on any atom is 0.306 e. The van der Waals surface area contributed by atoms with Crippen molar-refractivity contribution in [3.63, 3.8) is 0 Å². The fourth-order valence-corrected chi connectivity index (χ4v) is 1.63. The highest BCUT2D eigenvalue weighted by atomic mass is 79.9. The third kappa shape index (κ3) is 6.79. The van der Waals surface area contributed by atoms with Gasteiger partial charge >= 0.3 is 5.97 Å². The summed E-state index contributed by atoms with van der Waals surface area (Å²) < 4.78 is 4.97. The smallest absolute Gasteiger partial charge is 0.306 e. The van der Waals surface area contributed by atoms with Gasteiger partial charge in [-0.25, -0.2) is 0 Å². The third-order valence-corrected chi connectivity index (χ3v) is 2.96. The van der Waals surface area contributed by atoms with Gasteiger partial charge in [0, 0.05) is 30.4 Å². The summed E-state index contributed by atoms with van der Waals surface area (Å²) >= 11 is 3.33. The van der Waals surface area contributed by atoms with Gasteiger partial charge in [-0.2, -0.15) is 0 Å². The van der Waals surface area contributed by atoms with Crippen molar-refractivity contribution in [3.05, 3.63) is 12.2 Å². The number of carbonyl (C=O) groups is 2. The molecule has 0 aliphatic heterocycles. The van der Waals surface area contributed by atoms with Crippen LogP contribution >= 0.6 is 15.9 Å². The van der Waals surface area contributed by atoms with Crippen molar-refractivity contribution in [2.75, 3.05) is 25.0 Å². The summed E-state index contributed by atoms with van der Waals surface area (Å²) in [5.74, 6) is -0.419. The van der Waals surface area contributed by atoms with Crippen LogP contribution in [0.25, 0.3) is 0 Å². The Kier molecular flexibility index (Phi) is 9.64. The summed E-state index contributed by atoms with van der Waals surface area (Å²) in [6, 6.07) is 0. The quantitative estimate of drug-likeness (QED) is 0.373. The number of carbonyl (C=O) groups excluding carboxylic acids is 2. The summed E-state index contributed by atoms with van der Waals surface area (Å²) in [5, 5.41) is 0.856. The summed E-state index contributed by atoms with van der Waals surface area (Å²) in [7, 11) is 0. The van der Waals surface area contributed by atoms with Crippen molar-refractivity contribution in [1.82, 2.24) is 4.90 Å². The number of alkyl halides is 1. The molecular formula is C13H22BrNO3. The number of rotatable bonds is 9. The first kappa shape index (κ1) is 17.2. The Morgan fingerprint density at radius 2 is 2.00 bits per heavy atom. The summed E-state index contributed by atoms with van der Waals surface area (Å²) in [4.78, 5) is 24.9. The fourth-order valence-electron chi connectivity index (χ4n) is 1.38. The first-order valence-corrected chi connectivity index (χ1v) is 7.37. The second kappa shape index (κ2) is 10.1. The Balaban J connectivity index is 4.14. The van der Waals surface area contributed by atoms with E-state index in [9.17, 15) is 9.59 Å². The normalized spacial score (nSPS) is 9.94. The second-order valence-corrected chi connectivity index (χ2v) is 4.73. The van der Waals surface area contributed by atoms with Crippen molar-refractivity contribution >= 4 is 27.8 Å². The van der Waals surface area contributed by atoms with E-state index in [1.807, 2.05) is 13.8 Å². The summed E-state index contributed by atoms with van der Waals surface area (Å²) in [6.07, 6.45) is 2.01. The summed E-state index contributed by atoms with van der Waals surface area (Å²) in [6.45, 7) is 8.81. The van der Waals surface area contributed by atoms with E-state index in [1.54, 1.807) is 4.90 Å². The molecule has 0 spiro atoms. The van der Waals surface area contributed by atoms with Gasteiger partial charge in [-0.05, 0) is 19.8 Å². The lowest BCUT2D eigenvalue weighted by Crippen LogP contribution is -2.34. The third-order valence-electron chi connectivity index (χ3n) is 2.39. The van der Waals surface area contributed by atoms with Gasteiger partial charge in [-0.3, -0.25) is 9.59 Å². The van der Waals surface area contributed by atoms with E-state index in [1.165, 1.54) is 0 Å². The zero-order valence-electron chi connectivity index (χ0n) is 11.2. The minimum atomic E-state index is -0.282. The molecule has 5 heteroatoms. The first-order chi connectivity index (χ1) is 8.56. The number of nitrogens with zero attached hydrogens (tertiary/aromatic N) is 1. The van der Waals surface area contributed by atoms with Crippen molar-refractivity contribution < 1.29 is 14.3 Å². The van der Waals surface area contributed by atoms with Crippen LogP contribution in [0.1, 0.15) is 33.1 Å². The molecular weight excluding hydrogens is 298 g/mol. The SMILES string of the molecule is C=C(COC(=O)CCC)C(=O)N(CC)CCCBr. The van der Waals surface area contributed by atoms with E-state index < -0.39 is 0 Å². The van der Waals surface area contributed by atoms with Gasteiger partial charge < -0.3 is 9.64 Å². The number of ether oxygens (including phenoxy) is 1. The molecule has 104 valence electrons. The molecule has 0 fully saturated rings. The number of hydrogen-bond donors (Lipinski definition) is 0. The molecule has 0 aliphatic rings. The molecule has 0 aromatic heterocycles. The molecule has 0 aromatic rings. The first-order valence-electron chi connectivity index (χ1n) is 6.25. The van der Waals surface area contributed by atoms with Crippen LogP contribution in [0, 0.1) is 0 Å². The minimum Gasteiger partial charge on any atom is -0.461 e. The maximum atomic E-state index is 12.0. The Morgan fingerprint density at radius 1 is 1.33 bits per heavy atom. The Hall–Kier alpha value is -0.840. The average Bonchev–Trinajstić information content (AvgIpc) is 2.36. The molecule has 4 nitrogen and oxygen atoms in total. The van der Waals surface area contributed by atoms with Gasteiger partial charge in [0.25, 0.3) is 5.91 Å². The number of hydrogen-bond acceptors (Lipinski definition) is 3. The highest BCUT2D eigenvalue weighted by Gasteiger charge is 2.16. The van der Waals surface area contributed by atoms with E-state index in [2.05, 4.69) is 22.5 Å². The van der Waals surface area contributed by atoms with Gasteiger partial charge in [0.05, 0.1) is 0 Å². The van der Waals surface area contributed by atoms with E-state index in [0.717, 1.165) is 18.2 Å². The average molecular weight is 320 g/mol. The number of likely N-dealkylation sites (N-methyl/N-ethyl adjacent to an activating group) is 1. The highest BCUT2D eigenvalue weighted by molar-refractivity contribution is 9.09. The molecule has 0 saturated heterocycles. The summed E-state index contributed by atoms with van der Waals surface area (Å²) in [5.41, 5.74) is 0.330. The highest BCUT2D eigenvalue weighted by Crippen LogP contribution is 2.04. The monoisotopic (exact) mass is 319 g/mol. The Bertz CT molecular complexity index is 292. The fraction of sp³-hybridized carbons (Fsp3) is 0.692. The number of amides is 1. The largest absolute Gasteiger partial charge is 0.461 e. The second-order valence-electron chi connectivity index (χ2n) is 3.94. The minimum absolute atomic E-state index is 0.0114. The van der Waals surface area contributed by atoms with Crippen molar-refractivity contribution in [1.29, 1.82) is 0 Å². The molecule has 0 heterocycles. The van der Waals surface area contributed by atoms with E-state index >= 15 is 0 Å². The molecule has 0 unspecified atom stereocenters. The maximum absolute atomic E-state index is 12.0. The van der Waals surface area contributed by atoms with E-state index in [4.69, 9.17) is 4.74 Å². The van der Waals surface area contributed by atoms with Gasteiger partial charge in [0.15, 0.2) is 0 Å². The standard InChI is InChI=1S/C13H22BrNO3/c1-4-7-12(16)18-10-11(3)13(17)15(5-2)9-6-8-14/h3-10H2,1-2H3. The predicted molar refractivity (Wildman–Crippen MR) is 75.7 cm³/mol. The van der Waals surface area contributed by atoms with Crippen LogP contribution in [0.5, 0.6) is 0 Å².